The monoisotopic (exact) mass is 272 g/mol. The van der Waals surface area contributed by atoms with Crippen molar-refractivity contribution >= 4 is 28.2 Å². The van der Waals surface area contributed by atoms with Gasteiger partial charge in [0.25, 0.3) is 5.91 Å². The van der Waals surface area contributed by atoms with E-state index in [4.69, 9.17) is 0 Å². The molecule has 1 N–H and O–H groups in total. The minimum absolute atomic E-state index is 0.0743. The van der Waals surface area contributed by atoms with E-state index >= 15 is 0 Å². The van der Waals surface area contributed by atoms with Crippen LogP contribution in [-0.2, 0) is 9.53 Å². The predicted octanol–water partition coefficient (Wildman–Crippen LogP) is 1.34. The first-order valence-electron chi connectivity index (χ1n) is 5.14. The third kappa shape index (κ3) is 4.13. The number of carbonyl (C=O) groups is 2. The molecule has 0 aliphatic carbocycles. The van der Waals surface area contributed by atoms with E-state index < -0.39 is 4.92 Å². The van der Waals surface area contributed by atoms with Crippen molar-refractivity contribution < 1.29 is 19.2 Å². The molecular weight excluding hydrogens is 260 g/mol. The van der Waals surface area contributed by atoms with Gasteiger partial charge in [-0.3, -0.25) is 19.7 Å². The molecule has 1 heterocycles. The maximum Gasteiger partial charge on any atom is 0.324 e. The molecule has 0 aliphatic heterocycles. The lowest BCUT2D eigenvalue weighted by Crippen LogP contribution is -2.24. The highest BCUT2D eigenvalue weighted by molar-refractivity contribution is 7.17. The van der Waals surface area contributed by atoms with Gasteiger partial charge in [0.05, 0.1) is 16.9 Å². The van der Waals surface area contributed by atoms with Crippen LogP contribution in [0.15, 0.2) is 12.1 Å². The molecule has 1 rings (SSSR count). The number of hydrogen-bond acceptors (Lipinski definition) is 6. The van der Waals surface area contributed by atoms with Crippen molar-refractivity contribution in [2.24, 2.45) is 0 Å². The zero-order valence-corrected chi connectivity index (χ0v) is 10.5. The van der Waals surface area contributed by atoms with Gasteiger partial charge in [0, 0.05) is 19.0 Å². The van der Waals surface area contributed by atoms with Crippen molar-refractivity contribution in [3.63, 3.8) is 0 Å². The first kappa shape index (κ1) is 14.1. The summed E-state index contributed by atoms with van der Waals surface area (Å²) in [6.45, 7) is 0.319. The minimum atomic E-state index is -0.543. The van der Waals surface area contributed by atoms with Crippen molar-refractivity contribution in [1.29, 1.82) is 0 Å². The Bertz CT molecular complexity index is 457. The van der Waals surface area contributed by atoms with Gasteiger partial charge in [-0.1, -0.05) is 11.3 Å². The second-order valence-electron chi connectivity index (χ2n) is 3.33. The second kappa shape index (κ2) is 6.70. The van der Waals surface area contributed by atoms with Crippen LogP contribution in [0.3, 0.4) is 0 Å². The van der Waals surface area contributed by atoms with E-state index in [0.29, 0.717) is 13.0 Å². The molecule has 0 fully saturated rings. The Morgan fingerprint density at radius 1 is 1.50 bits per heavy atom. The highest BCUT2D eigenvalue weighted by Crippen LogP contribution is 2.23. The van der Waals surface area contributed by atoms with Gasteiger partial charge in [-0.05, 0) is 12.5 Å². The molecule has 0 aliphatic rings. The van der Waals surface area contributed by atoms with Gasteiger partial charge in [0.2, 0.25) is 0 Å². The number of hydrogen-bond donors (Lipinski definition) is 1. The number of carbonyl (C=O) groups excluding carboxylic acids is 2. The van der Waals surface area contributed by atoms with Gasteiger partial charge in [-0.2, -0.15) is 0 Å². The molecular formula is C10H12N2O5S. The van der Waals surface area contributed by atoms with Gasteiger partial charge < -0.3 is 10.1 Å². The number of nitro groups is 1. The molecule has 0 atom stereocenters. The fourth-order valence-corrected chi connectivity index (χ4v) is 1.91. The number of esters is 1. The number of thiophene rings is 1. The van der Waals surface area contributed by atoms with E-state index in [1.54, 1.807) is 0 Å². The Hall–Kier alpha value is -1.96. The summed E-state index contributed by atoms with van der Waals surface area (Å²) in [5.41, 5.74) is 0. The molecule has 1 amide bonds. The maximum absolute atomic E-state index is 11.6. The van der Waals surface area contributed by atoms with Crippen molar-refractivity contribution in [3.05, 3.63) is 27.1 Å². The lowest BCUT2D eigenvalue weighted by molar-refractivity contribution is -0.380. The fraction of sp³-hybridized carbons (Fsp3) is 0.400. The molecule has 0 bridgehead atoms. The molecule has 0 unspecified atom stereocenters. The van der Waals surface area contributed by atoms with E-state index in [2.05, 4.69) is 10.1 Å². The molecule has 7 nitrogen and oxygen atoms in total. The van der Waals surface area contributed by atoms with Crippen LogP contribution in [0.2, 0.25) is 0 Å². The lowest BCUT2D eigenvalue weighted by Gasteiger charge is -2.02. The Morgan fingerprint density at radius 3 is 2.78 bits per heavy atom. The van der Waals surface area contributed by atoms with Crippen molar-refractivity contribution in [3.8, 4) is 0 Å². The third-order valence-electron chi connectivity index (χ3n) is 2.07. The second-order valence-corrected chi connectivity index (χ2v) is 4.39. The molecule has 0 aromatic carbocycles. The number of nitrogens with one attached hydrogen (secondary N) is 1. The Balaban J connectivity index is 2.36. The van der Waals surface area contributed by atoms with Crippen molar-refractivity contribution in [2.75, 3.05) is 13.7 Å². The van der Waals surface area contributed by atoms with Crippen LogP contribution in [-0.4, -0.2) is 30.5 Å². The van der Waals surface area contributed by atoms with E-state index in [-0.39, 0.29) is 28.2 Å². The fourth-order valence-electron chi connectivity index (χ4n) is 1.17. The lowest BCUT2D eigenvalue weighted by atomic mass is 10.3. The third-order valence-corrected chi connectivity index (χ3v) is 3.10. The van der Waals surface area contributed by atoms with Crippen molar-refractivity contribution in [1.82, 2.24) is 5.32 Å². The SMILES string of the molecule is COC(=O)CCCNC(=O)c1ccc([N+](=O)[O-])s1. The van der Waals surface area contributed by atoms with E-state index in [0.717, 1.165) is 11.3 Å². The van der Waals surface area contributed by atoms with Crippen LogP contribution >= 0.6 is 11.3 Å². The van der Waals surface area contributed by atoms with E-state index in [9.17, 15) is 19.7 Å². The van der Waals surface area contributed by atoms with E-state index in [1.165, 1.54) is 19.2 Å². The van der Waals surface area contributed by atoms with Crippen LogP contribution in [0.1, 0.15) is 22.5 Å². The molecule has 0 saturated carbocycles. The Morgan fingerprint density at radius 2 is 2.22 bits per heavy atom. The summed E-state index contributed by atoms with van der Waals surface area (Å²) in [6, 6.07) is 2.69. The Labute approximate surface area is 107 Å². The van der Waals surface area contributed by atoms with Crippen LogP contribution in [0.5, 0.6) is 0 Å². The van der Waals surface area contributed by atoms with Gasteiger partial charge >= 0.3 is 11.0 Å². The molecule has 0 spiro atoms. The van der Waals surface area contributed by atoms with Gasteiger partial charge in [-0.25, -0.2) is 0 Å². The van der Waals surface area contributed by atoms with Gasteiger partial charge in [-0.15, -0.1) is 0 Å². The molecule has 98 valence electrons. The topological polar surface area (TPSA) is 98.5 Å². The molecule has 0 saturated heterocycles. The zero-order chi connectivity index (χ0) is 13.5. The molecule has 8 heteroatoms. The van der Waals surface area contributed by atoms with Crippen molar-refractivity contribution in [2.45, 2.75) is 12.8 Å². The quantitative estimate of drug-likeness (QED) is 0.364. The largest absolute Gasteiger partial charge is 0.469 e. The first-order chi connectivity index (χ1) is 8.54. The average molecular weight is 272 g/mol. The standard InChI is InChI=1S/C10H12N2O5S/c1-17-9(13)3-2-6-11-10(14)7-4-5-8(18-7)12(15)16/h4-5H,2-3,6H2,1H3,(H,11,14). The minimum Gasteiger partial charge on any atom is -0.469 e. The number of methoxy groups -OCH3 is 1. The first-order valence-corrected chi connectivity index (χ1v) is 5.95. The van der Waals surface area contributed by atoms with E-state index in [1.807, 2.05) is 0 Å². The molecule has 1 aromatic heterocycles. The van der Waals surface area contributed by atoms with Gasteiger partial charge in [0.15, 0.2) is 0 Å². The summed E-state index contributed by atoms with van der Waals surface area (Å²) in [5, 5.41) is 12.9. The van der Waals surface area contributed by atoms with Gasteiger partial charge in [0.1, 0.15) is 0 Å². The normalized spacial score (nSPS) is 9.83. The summed E-state index contributed by atoms with van der Waals surface area (Å²) in [4.78, 5) is 32.5. The summed E-state index contributed by atoms with van der Waals surface area (Å²) >= 11 is 0.815. The summed E-state index contributed by atoms with van der Waals surface area (Å²) < 4.78 is 4.45. The predicted molar refractivity (Wildman–Crippen MR) is 64.6 cm³/mol. The summed E-state index contributed by atoms with van der Waals surface area (Å²) in [7, 11) is 1.30. The molecule has 0 radical (unpaired) electrons. The Kier molecular flexibility index (Phi) is 5.25. The average Bonchev–Trinajstić information content (AvgIpc) is 2.83. The summed E-state index contributed by atoms with van der Waals surface area (Å²) in [5.74, 6) is -0.714. The van der Waals surface area contributed by atoms with Crippen LogP contribution < -0.4 is 5.32 Å². The number of nitrogens with zero attached hydrogens (tertiary/aromatic N) is 1. The highest BCUT2D eigenvalue weighted by atomic mass is 32.1. The number of rotatable bonds is 6. The number of ether oxygens (including phenoxy) is 1. The smallest absolute Gasteiger partial charge is 0.324 e. The maximum atomic E-state index is 11.6. The highest BCUT2D eigenvalue weighted by Gasteiger charge is 2.14. The molecule has 1 aromatic rings. The number of amides is 1. The summed E-state index contributed by atoms with van der Waals surface area (Å²) in [6.07, 6.45) is 0.688. The zero-order valence-electron chi connectivity index (χ0n) is 9.67. The van der Waals surface area contributed by atoms with Crippen LogP contribution in [0.4, 0.5) is 5.00 Å². The van der Waals surface area contributed by atoms with Crippen LogP contribution in [0.25, 0.3) is 0 Å². The van der Waals surface area contributed by atoms with Crippen LogP contribution in [0, 0.1) is 10.1 Å². The molecule has 18 heavy (non-hydrogen) atoms.